The summed E-state index contributed by atoms with van der Waals surface area (Å²) in [6, 6.07) is 4.65. The Morgan fingerprint density at radius 1 is 1.29 bits per heavy atom. The SMILES string of the molecule is COc1ccc(N2C(N)=NC(N)=NC23CCCCC3)c([N+](=O)[O-])c1. The summed E-state index contributed by atoms with van der Waals surface area (Å²) in [5, 5.41) is 11.6. The molecule has 0 unspecified atom stereocenters. The molecule has 1 fully saturated rings. The molecule has 9 heteroatoms. The molecule has 1 aromatic rings. The van der Waals surface area contributed by atoms with Crippen LogP contribution in [0.1, 0.15) is 32.1 Å². The van der Waals surface area contributed by atoms with Crippen molar-refractivity contribution in [2.45, 2.75) is 37.8 Å². The topological polar surface area (TPSA) is 132 Å². The maximum absolute atomic E-state index is 11.6. The van der Waals surface area contributed by atoms with Crippen molar-refractivity contribution in [3.8, 4) is 5.75 Å². The molecule has 24 heavy (non-hydrogen) atoms. The number of ether oxygens (including phenoxy) is 1. The van der Waals surface area contributed by atoms with Crippen molar-refractivity contribution in [1.82, 2.24) is 0 Å². The molecule has 0 saturated heterocycles. The summed E-state index contributed by atoms with van der Waals surface area (Å²) in [5.74, 6) is 0.637. The summed E-state index contributed by atoms with van der Waals surface area (Å²) in [6.07, 6.45) is 4.42. The van der Waals surface area contributed by atoms with Crippen LogP contribution in [0.2, 0.25) is 0 Å². The largest absolute Gasteiger partial charge is 0.496 e. The monoisotopic (exact) mass is 332 g/mol. The van der Waals surface area contributed by atoms with E-state index in [-0.39, 0.29) is 17.6 Å². The van der Waals surface area contributed by atoms with Crippen molar-refractivity contribution in [1.29, 1.82) is 0 Å². The van der Waals surface area contributed by atoms with Crippen LogP contribution < -0.4 is 21.1 Å². The van der Waals surface area contributed by atoms with Crippen LogP contribution in [0.15, 0.2) is 28.2 Å². The number of hydrogen-bond acceptors (Lipinski definition) is 8. The molecule has 4 N–H and O–H groups in total. The molecule has 1 aliphatic carbocycles. The molecule has 1 aromatic carbocycles. The fraction of sp³-hybridized carbons (Fsp3) is 0.467. The van der Waals surface area contributed by atoms with E-state index < -0.39 is 10.6 Å². The van der Waals surface area contributed by atoms with Crippen LogP contribution in [0, 0.1) is 10.1 Å². The van der Waals surface area contributed by atoms with Gasteiger partial charge in [0.1, 0.15) is 17.1 Å². The Hall–Kier alpha value is -2.84. The van der Waals surface area contributed by atoms with Gasteiger partial charge in [-0.3, -0.25) is 15.0 Å². The number of rotatable bonds is 3. The molecule has 1 heterocycles. The predicted octanol–water partition coefficient (Wildman–Crippen LogP) is 1.71. The highest BCUT2D eigenvalue weighted by molar-refractivity contribution is 6.06. The molecule has 1 aliphatic heterocycles. The van der Waals surface area contributed by atoms with Gasteiger partial charge in [0.2, 0.25) is 11.9 Å². The zero-order chi connectivity index (χ0) is 17.3. The number of anilines is 1. The van der Waals surface area contributed by atoms with Crippen LogP contribution in [0.4, 0.5) is 11.4 Å². The highest BCUT2D eigenvalue weighted by atomic mass is 16.6. The molecule has 0 aromatic heterocycles. The van der Waals surface area contributed by atoms with Crippen LogP contribution >= 0.6 is 0 Å². The highest BCUT2D eigenvalue weighted by Crippen LogP contribution is 2.43. The first-order chi connectivity index (χ1) is 11.5. The third-order valence-electron chi connectivity index (χ3n) is 4.47. The molecule has 3 rings (SSSR count). The maximum Gasteiger partial charge on any atom is 0.296 e. The van der Waals surface area contributed by atoms with Gasteiger partial charge < -0.3 is 16.2 Å². The van der Waals surface area contributed by atoms with E-state index in [0.717, 1.165) is 19.3 Å². The van der Waals surface area contributed by atoms with E-state index in [1.165, 1.54) is 13.2 Å². The van der Waals surface area contributed by atoms with Gasteiger partial charge in [-0.1, -0.05) is 6.42 Å². The molecular formula is C15H20N6O3. The van der Waals surface area contributed by atoms with Crippen LogP contribution in [0.25, 0.3) is 0 Å². The Morgan fingerprint density at radius 3 is 2.62 bits per heavy atom. The Bertz CT molecular complexity index is 724. The number of hydrogen-bond donors (Lipinski definition) is 2. The van der Waals surface area contributed by atoms with Gasteiger partial charge in [0, 0.05) is 0 Å². The van der Waals surface area contributed by atoms with Gasteiger partial charge in [0.05, 0.1) is 18.1 Å². The van der Waals surface area contributed by atoms with Gasteiger partial charge in [-0.2, -0.15) is 4.99 Å². The number of guanidine groups is 2. The lowest BCUT2D eigenvalue weighted by molar-refractivity contribution is -0.384. The van der Waals surface area contributed by atoms with Crippen LogP contribution in [0.3, 0.4) is 0 Å². The second-order valence-electron chi connectivity index (χ2n) is 5.93. The number of nitrogens with zero attached hydrogens (tertiary/aromatic N) is 4. The molecule has 0 amide bonds. The van der Waals surface area contributed by atoms with E-state index in [1.807, 2.05) is 0 Å². The van der Waals surface area contributed by atoms with Gasteiger partial charge in [0.15, 0.2) is 0 Å². The number of methoxy groups -OCH3 is 1. The summed E-state index contributed by atoms with van der Waals surface area (Å²) in [7, 11) is 1.46. The lowest BCUT2D eigenvalue weighted by atomic mass is 9.87. The predicted molar refractivity (Wildman–Crippen MR) is 91.2 cm³/mol. The quantitative estimate of drug-likeness (QED) is 0.639. The number of nitrogens with two attached hydrogens (primary N) is 2. The van der Waals surface area contributed by atoms with Crippen molar-refractivity contribution < 1.29 is 9.66 Å². The normalized spacial score (nSPS) is 19.6. The molecule has 9 nitrogen and oxygen atoms in total. The summed E-state index contributed by atoms with van der Waals surface area (Å²) in [5.41, 5.74) is 11.5. The first kappa shape index (κ1) is 16.0. The van der Waals surface area contributed by atoms with E-state index >= 15 is 0 Å². The second-order valence-corrected chi connectivity index (χ2v) is 5.93. The van der Waals surface area contributed by atoms with Crippen molar-refractivity contribution in [2.75, 3.05) is 12.0 Å². The van der Waals surface area contributed by atoms with Crippen molar-refractivity contribution in [2.24, 2.45) is 21.5 Å². The van der Waals surface area contributed by atoms with Gasteiger partial charge in [-0.15, -0.1) is 0 Å². The zero-order valence-corrected chi connectivity index (χ0v) is 13.4. The molecule has 0 atom stereocenters. The van der Waals surface area contributed by atoms with Gasteiger partial charge in [0.25, 0.3) is 5.69 Å². The first-order valence-corrected chi connectivity index (χ1v) is 7.79. The van der Waals surface area contributed by atoms with E-state index in [9.17, 15) is 10.1 Å². The number of benzene rings is 1. The molecule has 0 radical (unpaired) electrons. The van der Waals surface area contributed by atoms with E-state index in [4.69, 9.17) is 16.2 Å². The fourth-order valence-corrected chi connectivity index (χ4v) is 3.44. The lowest BCUT2D eigenvalue weighted by Crippen LogP contribution is -2.58. The van der Waals surface area contributed by atoms with Crippen molar-refractivity contribution in [3.63, 3.8) is 0 Å². The zero-order valence-electron chi connectivity index (χ0n) is 13.4. The van der Waals surface area contributed by atoms with Crippen molar-refractivity contribution in [3.05, 3.63) is 28.3 Å². The fourth-order valence-electron chi connectivity index (χ4n) is 3.44. The Labute approximate surface area is 139 Å². The van der Waals surface area contributed by atoms with E-state index in [2.05, 4.69) is 9.98 Å². The molecular weight excluding hydrogens is 312 g/mol. The molecule has 1 spiro atoms. The first-order valence-electron chi connectivity index (χ1n) is 7.79. The number of nitro benzene ring substituents is 1. The van der Waals surface area contributed by atoms with Crippen LogP contribution in [-0.4, -0.2) is 29.6 Å². The van der Waals surface area contributed by atoms with E-state index in [1.54, 1.807) is 17.0 Å². The Balaban J connectivity index is 2.15. The molecule has 1 saturated carbocycles. The molecule has 0 bridgehead atoms. The highest BCUT2D eigenvalue weighted by Gasteiger charge is 2.44. The van der Waals surface area contributed by atoms with Crippen molar-refractivity contribution >= 4 is 23.3 Å². The number of aliphatic imine (C=N–C) groups is 2. The van der Waals surface area contributed by atoms with Crippen LogP contribution in [-0.2, 0) is 0 Å². The minimum atomic E-state index is -0.715. The van der Waals surface area contributed by atoms with Crippen LogP contribution in [0.5, 0.6) is 5.75 Å². The van der Waals surface area contributed by atoms with Gasteiger partial charge >= 0.3 is 0 Å². The minimum absolute atomic E-state index is 0.104. The standard InChI is InChI=1S/C15H20N6O3/c1-24-10-5-6-11(12(9-10)21(22)23)20-14(17)18-13(16)19-15(20)7-3-2-4-8-15/h5-6,9H,2-4,7-8H2,1H3,(H4,16,17,18,19). The lowest BCUT2D eigenvalue weighted by Gasteiger charge is -2.45. The average molecular weight is 332 g/mol. The summed E-state index contributed by atoms with van der Waals surface area (Å²) in [4.78, 5) is 21.3. The summed E-state index contributed by atoms with van der Waals surface area (Å²) >= 11 is 0. The smallest absolute Gasteiger partial charge is 0.296 e. The minimum Gasteiger partial charge on any atom is -0.496 e. The van der Waals surface area contributed by atoms with E-state index in [0.29, 0.717) is 24.3 Å². The Kier molecular flexibility index (Phi) is 4.00. The summed E-state index contributed by atoms with van der Waals surface area (Å²) < 4.78 is 5.10. The summed E-state index contributed by atoms with van der Waals surface area (Å²) in [6.45, 7) is 0. The number of nitro groups is 1. The van der Waals surface area contributed by atoms with Gasteiger partial charge in [-0.05, 0) is 37.8 Å². The third-order valence-corrected chi connectivity index (χ3v) is 4.47. The Morgan fingerprint density at radius 2 is 2.00 bits per heavy atom. The maximum atomic E-state index is 11.6. The molecule has 128 valence electrons. The molecule has 2 aliphatic rings. The second kappa shape index (κ2) is 5.99. The van der Waals surface area contributed by atoms with Gasteiger partial charge in [-0.25, -0.2) is 4.99 Å². The third kappa shape index (κ3) is 2.61. The average Bonchev–Trinajstić information content (AvgIpc) is 2.54.